The first-order valence-electron chi connectivity index (χ1n) is 7.96. The molecule has 29 heavy (non-hydrogen) atoms. The lowest BCUT2D eigenvalue weighted by atomic mass is 10.0. The molecule has 2 heterocycles. The molecule has 9 nitrogen and oxygen atoms in total. The molecule has 0 unspecified atom stereocenters. The van der Waals surface area contributed by atoms with Crippen LogP contribution >= 0.6 is 23.2 Å². The Morgan fingerprint density at radius 3 is 2.69 bits per heavy atom. The van der Waals surface area contributed by atoms with Gasteiger partial charge in [-0.2, -0.15) is 18.2 Å². The Bertz CT molecular complexity index is 819. The summed E-state index contributed by atoms with van der Waals surface area (Å²) in [5, 5.41) is 20.2. The van der Waals surface area contributed by atoms with Crippen LogP contribution in [0.4, 0.5) is 13.2 Å². The van der Waals surface area contributed by atoms with Gasteiger partial charge < -0.3 is 14.6 Å². The highest BCUT2D eigenvalue weighted by atomic mass is 35.5. The topological polar surface area (TPSA) is 104 Å². The van der Waals surface area contributed by atoms with Gasteiger partial charge in [-0.25, -0.2) is 9.63 Å². The maximum absolute atomic E-state index is 13.4. The highest BCUT2D eigenvalue weighted by Gasteiger charge is 2.49. The van der Waals surface area contributed by atoms with Crippen molar-refractivity contribution in [2.75, 3.05) is 19.9 Å². The van der Waals surface area contributed by atoms with Crippen molar-refractivity contribution in [1.82, 2.24) is 15.9 Å². The number of carbonyl (C=O) groups is 1. The monoisotopic (exact) mass is 459 g/mol. The Kier molecular flexibility index (Phi) is 6.55. The average Bonchev–Trinajstić information content (AvgIpc) is 2.60. The third kappa shape index (κ3) is 5.10. The minimum atomic E-state index is -4.93. The molecule has 0 aliphatic carbocycles. The van der Waals surface area contributed by atoms with Gasteiger partial charge in [0.1, 0.15) is 5.75 Å². The Hall–Kier alpha value is -1.64. The van der Waals surface area contributed by atoms with E-state index in [4.69, 9.17) is 33.0 Å². The lowest BCUT2D eigenvalue weighted by Gasteiger charge is -2.39. The molecule has 0 amide bonds. The molecule has 3 rings (SSSR count). The van der Waals surface area contributed by atoms with E-state index < -0.39 is 36.7 Å². The number of benzene rings is 1. The van der Waals surface area contributed by atoms with E-state index in [9.17, 15) is 23.2 Å². The van der Waals surface area contributed by atoms with Gasteiger partial charge in [0.25, 0.3) is 0 Å². The molecule has 1 aromatic rings. The summed E-state index contributed by atoms with van der Waals surface area (Å²) in [4.78, 5) is 16.8. The van der Waals surface area contributed by atoms with E-state index in [1.165, 1.54) is 17.1 Å². The largest absolute Gasteiger partial charge is 0.474 e. The molecule has 0 saturated carbocycles. The molecule has 2 aliphatic rings. The molecule has 3 N–H and O–H groups in total. The fourth-order valence-corrected chi connectivity index (χ4v) is 3.10. The number of alkyl halides is 3. The molecule has 1 fully saturated rings. The minimum absolute atomic E-state index is 0.0758. The Labute approximate surface area is 171 Å². The third-order valence-corrected chi connectivity index (χ3v) is 4.40. The van der Waals surface area contributed by atoms with Gasteiger partial charge in [0.2, 0.25) is 12.9 Å². The maximum Gasteiger partial charge on any atom is 0.430 e. The van der Waals surface area contributed by atoms with Crippen LogP contribution in [0.15, 0.2) is 17.7 Å². The summed E-state index contributed by atoms with van der Waals surface area (Å²) in [6, 6.07) is 2.50. The number of aliphatic hydroxyl groups is 1. The number of carbonyl (C=O) groups excluding carboxylic acids is 1. The molecule has 1 saturated heterocycles. The molecule has 0 radical (unpaired) electrons. The maximum atomic E-state index is 13.4. The van der Waals surface area contributed by atoms with E-state index >= 15 is 0 Å². The Balaban J connectivity index is 1.65. The zero-order valence-corrected chi connectivity index (χ0v) is 15.8. The summed E-state index contributed by atoms with van der Waals surface area (Å²) in [6.07, 6.45) is -7.22. The van der Waals surface area contributed by atoms with Gasteiger partial charge in [0.15, 0.2) is 0 Å². The van der Waals surface area contributed by atoms with E-state index in [-0.39, 0.29) is 34.4 Å². The molecular weight excluding hydrogens is 446 g/mol. The quantitative estimate of drug-likeness (QED) is 0.254. The van der Waals surface area contributed by atoms with Crippen molar-refractivity contribution in [3.05, 3.63) is 33.3 Å². The van der Waals surface area contributed by atoms with Crippen molar-refractivity contribution in [3.8, 4) is 5.75 Å². The number of fused-ring (bicyclic) bond motifs is 1. The molecule has 14 heteroatoms. The molecule has 2 aliphatic heterocycles. The normalized spacial score (nSPS) is 20.0. The van der Waals surface area contributed by atoms with Crippen LogP contribution < -0.4 is 10.3 Å². The van der Waals surface area contributed by atoms with Crippen LogP contribution in [0.25, 0.3) is 6.08 Å². The predicted molar refractivity (Wildman–Crippen MR) is 91.3 cm³/mol. The highest BCUT2D eigenvalue weighted by Crippen LogP contribution is 2.42. The number of β-amino-alcohol motifs (C(OH)–C–C–N with tert-alkyl or cyclic N) is 1. The van der Waals surface area contributed by atoms with Crippen molar-refractivity contribution < 1.29 is 42.6 Å². The number of hydrazine groups is 2. The number of nitrogens with zero attached hydrogens (tertiary/aromatic N) is 2. The number of esters is 1. The van der Waals surface area contributed by atoms with E-state index in [1.54, 1.807) is 0 Å². The van der Waals surface area contributed by atoms with Gasteiger partial charge >= 0.3 is 12.1 Å². The molecule has 160 valence electrons. The molecule has 1 aromatic carbocycles. The SMILES string of the molecule is O=C(OCONN(O)N1CC(O)C1)C1=Cc2cc(Cl)cc(Cl)c2O[C@@H]1C(F)(F)F. The van der Waals surface area contributed by atoms with Gasteiger partial charge in [-0.3, -0.25) is 5.21 Å². The number of ether oxygens (including phenoxy) is 2. The van der Waals surface area contributed by atoms with Gasteiger partial charge in [-0.15, -0.1) is 0 Å². The first-order valence-corrected chi connectivity index (χ1v) is 8.72. The number of rotatable bonds is 6. The van der Waals surface area contributed by atoms with E-state index in [2.05, 4.69) is 9.57 Å². The smallest absolute Gasteiger partial charge is 0.430 e. The number of nitrogens with one attached hydrogen (secondary N) is 1. The lowest BCUT2D eigenvalue weighted by molar-refractivity contribution is -0.377. The first-order chi connectivity index (χ1) is 13.6. The summed E-state index contributed by atoms with van der Waals surface area (Å²) >= 11 is 11.7. The van der Waals surface area contributed by atoms with Crippen LogP contribution in [0.1, 0.15) is 5.56 Å². The summed E-state index contributed by atoms with van der Waals surface area (Å²) in [5.41, 5.74) is 1.20. The second kappa shape index (κ2) is 8.62. The van der Waals surface area contributed by atoms with Crippen molar-refractivity contribution in [2.24, 2.45) is 0 Å². The van der Waals surface area contributed by atoms with Crippen molar-refractivity contribution in [1.29, 1.82) is 0 Å². The summed E-state index contributed by atoms with van der Waals surface area (Å²) in [5.74, 6) is -1.62. The highest BCUT2D eigenvalue weighted by molar-refractivity contribution is 6.36. The molecule has 0 aromatic heterocycles. The fourth-order valence-electron chi connectivity index (χ4n) is 2.54. The minimum Gasteiger partial charge on any atom is -0.474 e. The second-order valence-electron chi connectivity index (χ2n) is 6.05. The zero-order valence-electron chi connectivity index (χ0n) is 14.3. The Morgan fingerprint density at radius 2 is 2.07 bits per heavy atom. The van der Waals surface area contributed by atoms with Crippen LogP contribution in [0.2, 0.25) is 10.0 Å². The van der Waals surface area contributed by atoms with Crippen molar-refractivity contribution >= 4 is 35.2 Å². The predicted octanol–water partition coefficient (Wildman–Crippen LogP) is 1.92. The second-order valence-corrected chi connectivity index (χ2v) is 6.89. The van der Waals surface area contributed by atoms with Gasteiger partial charge in [-0.1, -0.05) is 28.8 Å². The number of aliphatic hydroxyl groups excluding tert-OH is 1. The average molecular weight is 460 g/mol. The summed E-state index contributed by atoms with van der Waals surface area (Å²) in [7, 11) is 0. The zero-order chi connectivity index (χ0) is 21.3. The third-order valence-electron chi connectivity index (χ3n) is 3.91. The lowest BCUT2D eigenvalue weighted by Crippen LogP contribution is -2.61. The van der Waals surface area contributed by atoms with E-state index in [0.29, 0.717) is 5.28 Å². The van der Waals surface area contributed by atoms with Gasteiger partial charge in [-0.05, 0) is 23.5 Å². The van der Waals surface area contributed by atoms with Gasteiger partial charge in [0.05, 0.1) is 16.7 Å². The van der Waals surface area contributed by atoms with Crippen LogP contribution in [0.3, 0.4) is 0 Å². The first kappa shape index (κ1) is 22.1. The standard InChI is InChI=1S/C15H14Cl2F3N3O6/c16-8-1-7-2-10(13(15(18,19)20)29-12(7)11(17)3-8)14(25)27-6-28-21-23(26)22-4-9(24)5-22/h1-3,9,13,21,24,26H,4-6H2/t13-/m0/s1. The number of hydrogen-bond acceptors (Lipinski definition) is 9. The number of hydrogen-bond donors (Lipinski definition) is 3. The summed E-state index contributed by atoms with van der Waals surface area (Å²) < 4.78 is 49.6. The summed E-state index contributed by atoms with van der Waals surface area (Å²) in [6.45, 7) is -0.569. The molecule has 0 spiro atoms. The molecule has 0 bridgehead atoms. The van der Waals surface area contributed by atoms with Crippen LogP contribution in [0, 0.1) is 0 Å². The molecular formula is C15H14Cl2F3N3O6. The van der Waals surface area contributed by atoms with Crippen LogP contribution in [0.5, 0.6) is 5.75 Å². The number of halogens is 5. The van der Waals surface area contributed by atoms with Gasteiger partial charge in [0, 0.05) is 23.7 Å². The van der Waals surface area contributed by atoms with Crippen molar-refractivity contribution in [2.45, 2.75) is 18.4 Å². The van der Waals surface area contributed by atoms with E-state index in [1.807, 2.05) is 5.59 Å². The van der Waals surface area contributed by atoms with Crippen LogP contribution in [-0.2, 0) is 14.4 Å². The molecule has 1 atom stereocenters. The van der Waals surface area contributed by atoms with E-state index in [0.717, 1.165) is 6.08 Å². The van der Waals surface area contributed by atoms with Crippen molar-refractivity contribution in [3.63, 3.8) is 0 Å². The van der Waals surface area contributed by atoms with Crippen LogP contribution in [-0.4, -0.2) is 64.8 Å². The fraction of sp³-hybridized carbons (Fsp3) is 0.400. The Morgan fingerprint density at radius 1 is 1.38 bits per heavy atom.